The molecule has 1 unspecified atom stereocenters. The number of amides is 1. The van der Waals surface area contributed by atoms with Gasteiger partial charge >= 0.3 is 0 Å². The van der Waals surface area contributed by atoms with E-state index >= 15 is 0 Å². The monoisotopic (exact) mass is 325 g/mol. The Morgan fingerprint density at radius 1 is 1.41 bits per heavy atom. The summed E-state index contributed by atoms with van der Waals surface area (Å²) in [6.45, 7) is 5.79. The summed E-state index contributed by atoms with van der Waals surface area (Å²) in [5.41, 5.74) is 0.442. The second-order valence-corrected chi connectivity index (χ2v) is 6.62. The molecule has 1 aliphatic rings. The van der Waals surface area contributed by atoms with Crippen molar-refractivity contribution in [3.63, 3.8) is 0 Å². The van der Waals surface area contributed by atoms with Gasteiger partial charge in [0, 0.05) is 12.6 Å². The summed E-state index contributed by atoms with van der Waals surface area (Å²) in [6.07, 6.45) is 3.06. The lowest BCUT2D eigenvalue weighted by Crippen LogP contribution is -2.41. The number of benzene rings is 1. The van der Waals surface area contributed by atoms with E-state index in [0.29, 0.717) is 16.3 Å². The molecule has 1 aliphatic carbocycles. The molecule has 0 spiro atoms. The van der Waals surface area contributed by atoms with Gasteiger partial charge in [-0.2, -0.15) is 0 Å². The number of rotatable bonds is 6. The molecular weight excluding hydrogens is 302 g/mol. The standard InChI is InChI=1S/C17H24ClNO3/c1-11(2)19(10-12(3)20)17(21)15-8-7-14(9-16(15)18)22-13-5-4-6-13/h7-9,11-13,20H,4-6,10H2,1-3H3. The first-order valence-corrected chi connectivity index (χ1v) is 8.21. The maximum atomic E-state index is 12.6. The van der Waals surface area contributed by atoms with Crippen molar-refractivity contribution >= 4 is 17.5 Å². The number of aliphatic hydroxyl groups excluding tert-OH is 1. The van der Waals surface area contributed by atoms with E-state index in [9.17, 15) is 9.90 Å². The highest BCUT2D eigenvalue weighted by Crippen LogP contribution is 2.29. The fourth-order valence-corrected chi connectivity index (χ4v) is 2.64. The zero-order chi connectivity index (χ0) is 16.3. The molecule has 5 heteroatoms. The fraction of sp³-hybridized carbons (Fsp3) is 0.588. The van der Waals surface area contributed by atoms with Crippen molar-refractivity contribution in [2.75, 3.05) is 6.54 Å². The smallest absolute Gasteiger partial charge is 0.255 e. The largest absolute Gasteiger partial charge is 0.490 e. The number of carbonyl (C=O) groups excluding carboxylic acids is 1. The third-order valence-corrected chi connectivity index (χ3v) is 4.18. The molecule has 0 heterocycles. The van der Waals surface area contributed by atoms with E-state index < -0.39 is 6.10 Å². The summed E-state index contributed by atoms with van der Waals surface area (Å²) in [4.78, 5) is 14.3. The van der Waals surface area contributed by atoms with Gasteiger partial charge in [-0.25, -0.2) is 0 Å². The van der Waals surface area contributed by atoms with E-state index in [-0.39, 0.29) is 24.6 Å². The molecule has 1 fully saturated rings. The Bertz CT molecular complexity index is 527. The van der Waals surface area contributed by atoms with E-state index in [4.69, 9.17) is 16.3 Å². The zero-order valence-electron chi connectivity index (χ0n) is 13.4. The van der Waals surface area contributed by atoms with Crippen molar-refractivity contribution in [3.05, 3.63) is 28.8 Å². The number of ether oxygens (including phenoxy) is 1. The molecule has 0 saturated heterocycles. The minimum atomic E-state index is -0.577. The van der Waals surface area contributed by atoms with E-state index in [1.165, 1.54) is 6.42 Å². The number of carbonyl (C=O) groups is 1. The van der Waals surface area contributed by atoms with E-state index in [2.05, 4.69) is 0 Å². The molecule has 1 aromatic carbocycles. The molecule has 1 N–H and O–H groups in total. The zero-order valence-corrected chi connectivity index (χ0v) is 14.1. The summed E-state index contributed by atoms with van der Waals surface area (Å²) in [6, 6.07) is 5.19. The first kappa shape index (κ1) is 17.1. The maximum absolute atomic E-state index is 12.6. The first-order chi connectivity index (χ1) is 10.4. The van der Waals surface area contributed by atoms with Gasteiger partial charge in [-0.1, -0.05) is 11.6 Å². The molecular formula is C17H24ClNO3. The Morgan fingerprint density at radius 3 is 2.55 bits per heavy atom. The van der Waals surface area contributed by atoms with Crippen LogP contribution in [0.2, 0.25) is 5.02 Å². The van der Waals surface area contributed by atoms with Crippen LogP contribution in [0.5, 0.6) is 5.75 Å². The third kappa shape index (κ3) is 4.14. The molecule has 4 nitrogen and oxygen atoms in total. The molecule has 0 radical (unpaired) electrons. The van der Waals surface area contributed by atoms with Crippen molar-refractivity contribution in [2.24, 2.45) is 0 Å². The van der Waals surface area contributed by atoms with E-state index in [1.807, 2.05) is 13.8 Å². The molecule has 0 aliphatic heterocycles. The Balaban J connectivity index is 2.13. The number of halogens is 1. The molecule has 2 rings (SSSR count). The van der Waals surface area contributed by atoms with Crippen LogP contribution < -0.4 is 4.74 Å². The molecule has 1 atom stereocenters. The number of nitrogens with zero attached hydrogens (tertiary/aromatic N) is 1. The molecule has 122 valence electrons. The van der Waals surface area contributed by atoms with Gasteiger partial charge in [0.25, 0.3) is 5.91 Å². The SMILES string of the molecule is CC(O)CN(C(=O)c1ccc(OC2CCC2)cc1Cl)C(C)C. The van der Waals surface area contributed by atoms with Gasteiger partial charge in [0.05, 0.1) is 22.8 Å². The molecule has 1 aromatic rings. The van der Waals surface area contributed by atoms with Crippen LogP contribution in [0.4, 0.5) is 0 Å². The van der Waals surface area contributed by atoms with E-state index in [1.54, 1.807) is 30.0 Å². The topological polar surface area (TPSA) is 49.8 Å². The van der Waals surface area contributed by atoms with Crippen molar-refractivity contribution in [2.45, 2.75) is 58.3 Å². The first-order valence-electron chi connectivity index (χ1n) is 7.83. The summed E-state index contributed by atoms with van der Waals surface area (Å²) in [5.74, 6) is 0.536. The highest BCUT2D eigenvalue weighted by molar-refractivity contribution is 6.34. The average molecular weight is 326 g/mol. The fourth-order valence-electron chi connectivity index (χ4n) is 2.39. The van der Waals surface area contributed by atoms with Gasteiger partial charge in [-0.3, -0.25) is 4.79 Å². The van der Waals surface area contributed by atoms with Gasteiger partial charge in [-0.05, 0) is 58.2 Å². The third-order valence-electron chi connectivity index (χ3n) is 3.87. The van der Waals surface area contributed by atoms with Crippen LogP contribution in [-0.4, -0.2) is 40.7 Å². The second kappa shape index (κ2) is 7.34. The lowest BCUT2D eigenvalue weighted by atomic mass is 9.96. The molecule has 0 bridgehead atoms. The van der Waals surface area contributed by atoms with Gasteiger partial charge < -0.3 is 14.7 Å². The lowest BCUT2D eigenvalue weighted by molar-refractivity contribution is 0.0579. The quantitative estimate of drug-likeness (QED) is 0.870. The van der Waals surface area contributed by atoms with Crippen LogP contribution in [-0.2, 0) is 0 Å². The number of aliphatic hydroxyl groups is 1. The van der Waals surface area contributed by atoms with Crippen molar-refractivity contribution in [1.29, 1.82) is 0 Å². The van der Waals surface area contributed by atoms with Crippen LogP contribution in [0.25, 0.3) is 0 Å². The minimum absolute atomic E-state index is 0.0101. The average Bonchev–Trinajstić information content (AvgIpc) is 2.39. The molecule has 1 amide bonds. The minimum Gasteiger partial charge on any atom is -0.490 e. The predicted octanol–water partition coefficient (Wildman–Crippen LogP) is 3.50. The predicted molar refractivity (Wildman–Crippen MR) is 87.6 cm³/mol. The van der Waals surface area contributed by atoms with Gasteiger partial charge in [0.2, 0.25) is 0 Å². The van der Waals surface area contributed by atoms with Crippen LogP contribution >= 0.6 is 11.6 Å². The number of hydrogen-bond donors (Lipinski definition) is 1. The summed E-state index contributed by atoms with van der Waals surface area (Å²) in [7, 11) is 0. The van der Waals surface area contributed by atoms with Gasteiger partial charge in [-0.15, -0.1) is 0 Å². The Hall–Kier alpha value is -1.26. The molecule has 22 heavy (non-hydrogen) atoms. The second-order valence-electron chi connectivity index (χ2n) is 6.21. The summed E-state index contributed by atoms with van der Waals surface area (Å²) in [5, 5.41) is 9.95. The van der Waals surface area contributed by atoms with Crippen molar-refractivity contribution in [1.82, 2.24) is 4.90 Å². The Kier molecular flexibility index (Phi) is 5.70. The van der Waals surface area contributed by atoms with Crippen molar-refractivity contribution in [3.8, 4) is 5.75 Å². The Labute approximate surface area is 137 Å². The summed E-state index contributed by atoms with van der Waals surface area (Å²) >= 11 is 6.26. The lowest BCUT2D eigenvalue weighted by Gasteiger charge is -2.29. The van der Waals surface area contributed by atoms with Gasteiger partial charge in [0.15, 0.2) is 0 Å². The number of hydrogen-bond acceptors (Lipinski definition) is 3. The van der Waals surface area contributed by atoms with Gasteiger partial charge in [0.1, 0.15) is 5.75 Å². The van der Waals surface area contributed by atoms with Crippen LogP contribution in [0, 0.1) is 0 Å². The van der Waals surface area contributed by atoms with E-state index in [0.717, 1.165) is 12.8 Å². The van der Waals surface area contributed by atoms with Crippen LogP contribution in [0.3, 0.4) is 0 Å². The van der Waals surface area contributed by atoms with Crippen LogP contribution in [0.1, 0.15) is 50.4 Å². The Morgan fingerprint density at radius 2 is 2.09 bits per heavy atom. The van der Waals surface area contributed by atoms with Crippen LogP contribution in [0.15, 0.2) is 18.2 Å². The molecule has 1 saturated carbocycles. The molecule has 0 aromatic heterocycles. The highest BCUT2D eigenvalue weighted by Gasteiger charge is 2.23. The normalized spacial score (nSPS) is 16.3. The summed E-state index contributed by atoms with van der Waals surface area (Å²) < 4.78 is 5.79. The maximum Gasteiger partial charge on any atom is 0.255 e. The highest BCUT2D eigenvalue weighted by atomic mass is 35.5. The van der Waals surface area contributed by atoms with Crippen molar-refractivity contribution < 1.29 is 14.6 Å².